The van der Waals surface area contributed by atoms with E-state index in [9.17, 15) is 9.59 Å². The Morgan fingerprint density at radius 1 is 1.19 bits per heavy atom. The number of aromatic nitrogens is 1. The number of benzene rings is 1. The first kappa shape index (κ1) is 21.1. The SMILES string of the molecule is CCOC(=O)C(CNC(=O)c1sc(CC(C)C)nc1C)Cc1ccccc1. The fourth-order valence-corrected chi connectivity index (χ4v) is 3.99. The predicted octanol–water partition coefficient (Wildman–Crippen LogP) is 3.80. The number of carbonyl (C=O) groups excluding carboxylic acids is 2. The lowest BCUT2D eigenvalue weighted by Gasteiger charge is -2.16. The molecule has 0 saturated heterocycles. The summed E-state index contributed by atoms with van der Waals surface area (Å²) in [6.07, 6.45) is 1.39. The highest BCUT2D eigenvalue weighted by atomic mass is 32.1. The number of hydrogen-bond acceptors (Lipinski definition) is 5. The van der Waals surface area contributed by atoms with Crippen molar-refractivity contribution in [1.29, 1.82) is 0 Å². The van der Waals surface area contributed by atoms with Gasteiger partial charge in [0.15, 0.2) is 0 Å². The Labute approximate surface area is 165 Å². The lowest BCUT2D eigenvalue weighted by molar-refractivity contribution is -0.147. The zero-order valence-corrected chi connectivity index (χ0v) is 17.3. The number of nitrogens with one attached hydrogen (secondary N) is 1. The molecule has 1 aromatic heterocycles. The summed E-state index contributed by atoms with van der Waals surface area (Å²) < 4.78 is 5.19. The van der Waals surface area contributed by atoms with Gasteiger partial charge in [-0.1, -0.05) is 44.2 Å². The van der Waals surface area contributed by atoms with Crippen molar-refractivity contribution in [1.82, 2.24) is 10.3 Å². The molecule has 1 N–H and O–H groups in total. The molecule has 1 unspecified atom stereocenters. The molecular weight excluding hydrogens is 360 g/mol. The molecule has 0 aliphatic rings. The van der Waals surface area contributed by atoms with Crippen LogP contribution in [0.15, 0.2) is 30.3 Å². The lowest BCUT2D eigenvalue weighted by Crippen LogP contribution is -2.35. The Bertz CT molecular complexity index is 756. The highest BCUT2D eigenvalue weighted by Crippen LogP contribution is 2.21. The van der Waals surface area contributed by atoms with Crippen LogP contribution in [0.2, 0.25) is 0 Å². The van der Waals surface area contributed by atoms with Crippen LogP contribution < -0.4 is 5.32 Å². The van der Waals surface area contributed by atoms with Crippen molar-refractivity contribution in [3.63, 3.8) is 0 Å². The van der Waals surface area contributed by atoms with Gasteiger partial charge < -0.3 is 10.1 Å². The van der Waals surface area contributed by atoms with Crippen LogP contribution in [0.25, 0.3) is 0 Å². The molecule has 0 fully saturated rings. The second-order valence-corrected chi connectivity index (χ2v) is 8.05. The van der Waals surface area contributed by atoms with Crippen molar-refractivity contribution < 1.29 is 14.3 Å². The summed E-state index contributed by atoms with van der Waals surface area (Å²) in [7, 11) is 0. The number of rotatable bonds is 9. The van der Waals surface area contributed by atoms with E-state index in [1.165, 1.54) is 11.3 Å². The van der Waals surface area contributed by atoms with E-state index >= 15 is 0 Å². The van der Waals surface area contributed by atoms with E-state index < -0.39 is 5.92 Å². The third-order valence-corrected chi connectivity index (χ3v) is 5.26. The standard InChI is InChI=1S/C21H28N2O3S/c1-5-26-21(25)17(12-16-9-7-6-8-10-16)13-22-20(24)19-15(4)23-18(27-19)11-14(2)3/h6-10,14,17H,5,11-13H2,1-4H3,(H,22,24). The van der Waals surface area contributed by atoms with E-state index in [-0.39, 0.29) is 18.4 Å². The number of nitrogens with zero attached hydrogens (tertiary/aromatic N) is 1. The molecular formula is C21H28N2O3S. The molecule has 1 atom stereocenters. The van der Waals surface area contributed by atoms with Gasteiger partial charge in [0.25, 0.3) is 5.91 Å². The summed E-state index contributed by atoms with van der Waals surface area (Å²) in [5, 5.41) is 3.87. The van der Waals surface area contributed by atoms with Gasteiger partial charge in [-0.15, -0.1) is 11.3 Å². The molecule has 0 saturated carbocycles. The minimum Gasteiger partial charge on any atom is -0.466 e. The van der Waals surface area contributed by atoms with E-state index in [2.05, 4.69) is 24.1 Å². The molecule has 2 aromatic rings. The molecule has 1 amide bonds. The molecule has 1 aromatic carbocycles. The van der Waals surface area contributed by atoms with E-state index in [1.807, 2.05) is 37.3 Å². The van der Waals surface area contributed by atoms with Gasteiger partial charge in [-0.05, 0) is 31.7 Å². The molecule has 5 nitrogen and oxygen atoms in total. The summed E-state index contributed by atoms with van der Waals surface area (Å²) >= 11 is 1.43. The number of hydrogen-bond donors (Lipinski definition) is 1. The summed E-state index contributed by atoms with van der Waals surface area (Å²) in [6, 6.07) is 9.76. The fourth-order valence-electron chi connectivity index (χ4n) is 2.79. The summed E-state index contributed by atoms with van der Waals surface area (Å²) in [5.74, 6) is -0.393. The molecule has 2 rings (SSSR count). The summed E-state index contributed by atoms with van der Waals surface area (Å²) in [4.78, 5) is 30.0. The normalized spacial score (nSPS) is 12.0. The third kappa shape index (κ3) is 6.47. The van der Waals surface area contributed by atoms with Crippen molar-refractivity contribution in [2.75, 3.05) is 13.2 Å². The van der Waals surface area contributed by atoms with Crippen LogP contribution in [-0.4, -0.2) is 30.0 Å². The van der Waals surface area contributed by atoms with Crippen molar-refractivity contribution >= 4 is 23.2 Å². The van der Waals surface area contributed by atoms with Crippen molar-refractivity contribution in [2.45, 2.75) is 40.5 Å². The van der Waals surface area contributed by atoms with Crippen molar-refractivity contribution in [3.05, 3.63) is 51.5 Å². The van der Waals surface area contributed by atoms with Crippen LogP contribution in [0.1, 0.15) is 46.7 Å². The lowest BCUT2D eigenvalue weighted by atomic mass is 9.99. The molecule has 1 heterocycles. The molecule has 6 heteroatoms. The van der Waals surface area contributed by atoms with Gasteiger partial charge in [-0.25, -0.2) is 4.98 Å². The molecule has 0 bridgehead atoms. The van der Waals surface area contributed by atoms with Crippen molar-refractivity contribution in [3.8, 4) is 0 Å². The highest BCUT2D eigenvalue weighted by molar-refractivity contribution is 7.13. The zero-order chi connectivity index (χ0) is 19.8. The Hall–Kier alpha value is -2.21. The molecule has 0 spiro atoms. The molecule has 0 aliphatic heterocycles. The number of amides is 1. The maximum atomic E-state index is 12.6. The Balaban J connectivity index is 2.04. The van der Waals surface area contributed by atoms with Gasteiger partial charge in [-0.3, -0.25) is 9.59 Å². The van der Waals surface area contributed by atoms with Crippen LogP contribution in [0.3, 0.4) is 0 Å². The van der Waals surface area contributed by atoms with Crippen LogP contribution in [-0.2, 0) is 22.4 Å². The van der Waals surface area contributed by atoms with Crippen molar-refractivity contribution in [2.24, 2.45) is 11.8 Å². The smallest absolute Gasteiger partial charge is 0.311 e. The first-order valence-corrected chi connectivity index (χ1v) is 10.2. The minimum absolute atomic E-state index is 0.178. The minimum atomic E-state index is -0.417. The third-order valence-electron chi connectivity index (χ3n) is 4.08. The summed E-state index contributed by atoms with van der Waals surface area (Å²) in [5.41, 5.74) is 1.78. The van der Waals surface area contributed by atoms with Gasteiger partial charge in [0.2, 0.25) is 0 Å². The predicted molar refractivity (Wildman–Crippen MR) is 108 cm³/mol. The van der Waals surface area contributed by atoms with Crippen LogP contribution in [0.4, 0.5) is 0 Å². The van der Waals surface area contributed by atoms with E-state index in [0.29, 0.717) is 23.8 Å². The average Bonchev–Trinajstić information content (AvgIpc) is 2.98. The molecule has 0 aliphatic carbocycles. The number of thiazole rings is 1. The van der Waals surface area contributed by atoms with Gasteiger partial charge in [0.05, 0.1) is 23.2 Å². The second kappa shape index (κ2) is 10.2. The number of carbonyl (C=O) groups is 2. The molecule has 27 heavy (non-hydrogen) atoms. The van der Waals surface area contributed by atoms with Crippen LogP contribution in [0, 0.1) is 18.8 Å². The van der Waals surface area contributed by atoms with Gasteiger partial charge in [0.1, 0.15) is 4.88 Å². The van der Waals surface area contributed by atoms with Gasteiger partial charge in [0, 0.05) is 13.0 Å². The first-order valence-electron chi connectivity index (χ1n) is 9.35. The average molecular weight is 389 g/mol. The molecule has 0 radical (unpaired) electrons. The first-order chi connectivity index (χ1) is 12.9. The maximum absolute atomic E-state index is 12.6. The van der Waals surface area contributed by atoms with Gasteiger partial charge >= 0.3 is 5.97 Å². The fraction of sp³-hybridized carbons (Fsp3) is 0.476. The Kier molecular flexibility index (Phi) is 7.98. The van der Waals surface area contributed by atoms with Gasteiger partial charge in [-0.2, -0.15) is 0 Å². The number of ether oxygens (including phenoxy) is 1. The molecule has 146 valence electrons. The Morgan fingerprint density at radius 2 is 1.89 bits per heavy atom. The zero-order valence-electron chi connectivity index (χ0n) is 16.5. The van der Waals surface area contributed by atoms with Crippen LogP contribution >= 0.6 is 11.3 Å². The maximum Gasteiger partial charge on any atom is 0.311 e. The largest absolute Gasteiger partial charge is 0.466 e. The van der Waals surface area contributed by atoms with E-state index in [0.717, 1.165) is 22.7 Å². The monoisotopic (exact) mass is 388 g/mol. The topological polar surface area (TPSA) is 68.3 Å². The second-order valence-electron chi connectivity index (χ2n) is 6.97. The van der Waals surface area contributed by atoms with E-state index in [4.69, 9.17) is 4.74 Å². The number of esters is 1. The number of aryl methyl sites for hydroxylation is 1. The quantitative estimate of drug-likeness (QED) is 0.664. The van der Waals surface area contributed by atoms with Crippen LogP contribution in [0.5, 0.6) is 0 Å². The highest BCUT2D eigenvalue weighted by Gasteiger charge is 2.23. The Morgan fingerprint density at radius 3 is 2.52 bits per heavy atom. The summed E-state index contributed by atoms with van der Waals surface area (Å²) in [6.45, 7) is 8.46. The van der Waals surface area contributed by atoms with E-state index in [1.54, 1.807) is 6.92 Å².